The van der Waals surface area contributed by atoms with E-state index in [0.717, 1.165) is 24.9 Å². The molecule has 1 aliphatic carbocycles. The van der Waals surface area contributed by atoms with E-state index in [1.54, 1.807) is 0 Å². The van der Waals surface area contributed by atoms with E-state index in [1.807, 2.05) is 12.1 Å². The molecule has 1 aliphatic rings. The van der Waals surface area contributed by atoms with E-state index in [2.05, 4.69) is 10.8 Å². The van der Waals surface area contributed by atoms with Gasteiger partial charge >= 0.3 is 0 Å². The summed E-state index contributed by atoms with van der Waals surface area (Å²) in [5.74, 6) is 0. The lowest BCUT2D eigenvalue weighted by atomic mass is 10.0. The Bertz CT molecular complexity index is 419. The number of fused-ring (bicyclic) bond motifs is 1. The lowest BCUT2D eigenvalue weighted by Gasteiger charge is -2.10. The molecular formula is C11H15NO2S. The van der Waals surface area contributed by atoms with Gasteiger partial charge in [-0.3, -0.25) is 4.72 Å². The number of hydrogen-bond donors (Lipinski definition) is 2. The number of anilines is 1. The van der Waals surface area contributed by atoms with Crippen molar-refractivity contribution in [2.24, 2.45) is 0 Å². The summed E-state index contributed by atoms with van der Waals surface area (Å²) in [6.45, 7) is 0. The van der Waals surface area contributed by atoms with Gasteiger partial charge in [-0.1, -0.05) is 18.6 Å². The molecule has 0 aromatic heterocycles. The highest BCUT2D eigenvalue weighted by molar-refractivity contribution is 7.73. The van der Waals surface area contributed by atoms with Crippen LogP contribution in [-0.4, -0.2) is 8.42 Å². The molecule has 0 aliphatic heterocycles. The summed E-state index contributed by atoms with van der Waals surface area (Å²) in [6, 6.07) is 5.87. The van der Waals surface area contributed by atoms with Gasteiger partial charge in [0.15, 0.2) is 0 Å². The summed E-state index contributed by atoms with van der Waals surface area (Å²) >= 11 is 0. The van der Waals surface area contributed by atoms with Crippen LogP contribution in [0.2, 0.25) is 0 Å². The van der Waals surface area contributed by atoms with Crippen molar-refractivity contribution in [1.82, 2.24) is 0 Å². The molecule has 0 heterocycles. The maximum Gasteiger partial charge on any atom is 0.222 e. The predicted molar refractivity (Wildman–Crippen MR) is 61.6 cm³/mol. The van der Waals surface area contributed by atoms with Crippen molar-refractivity contribution in [2.75, 3.05) is 4.72 Å². The Kier molecular flexibility index (Phi) is 3.26. The molecule has 1 aromatic rings. The van der Waals surface area contributed by atoms with Crippen molar-refractivity contribution in [1.29, 1.82) is 0 Å². The van der Waals surface area contributed by atoms with Crippen LogP contribution in [0.15, 0.2) is 18.2 Å². The average Bonchev–Trinajstić information content (AvgIpc) is 2.42. The van der Waals surface area contributed by atoms with Gasteiger partial charge in [0.2, 0.25) is 10.9 Å². The first-order chi connectivity index (χ1) is 7.27. The van der Waals surface area contributed by atoms with E-state index >= 15 is 0 Å². The molecular weight excluding hydrogens is 210 g/mol. The van der Waals surface area contributed by atoms with Gasteiger partial charge in [-0.25, -0.2) is 8.42 Å². The summed E-state index contributed by atoms with van der Waals surface area (Å²) in [7, 11) is -2.55. The molecule has 15 heavy (non-hydrogen) atoms. The molecule has 2 rings (SSSR count). The van der Waals surface area contributed by atoms with Crippen molar-refractivity contribution in [3.8, 4) is 0 Å². The lowest BCUT2D eigenvalue weighted by molar-refractivity contribution is 0.619. The van der Waals surface area contributed by atoms with Crippen molar-refractivity contribution < 1.29 is 8.42 Å². The third-order valence-electron chi connectivity index (χ3n) is 2.86. The summed E-state index contributed by atoms with van der Waals surface area (Å²) in [5.41, 5.74) is 3.26. The normalized spacial score (nSPS) is 15.8. The van der Waals surface area contributed by atoms with Gasteiger partial charge in [0.25, 0.3) is 0 Å². The monoisotopic (exact) mass is 225 g/mol. The van der Waals surface area contributed by atoms with Gasteiger partial charge in [0, 0.05) is 0 Å². The van der Waals surface area contributed by atoms with Crippen LogP contribution in [-0.2, 0) is 23.7 Å². The Hall–Kier alpha value is -1.03. The summed E-state index contributed by atoms with van der Waals surface area (Å²) < 4.78 is 23.8. The fourth-order valence-electron chi connectivity index (χ4n) is 2.16. The van der Waals surface area contributed by atoms with Crippen LogP contribution in [0, 0.1) is 0 Å². The van der Waals surface area contributed by atoms with Gasteiger partial charge in [-0.15, -0.1) is 0 Å². The number of rotatable bonds is 2. The molecule has 0 saturated heterocycles. The zero-order chi connectivity index (χ0) is 10.7. The molecule has 0 amide bonds. The van der Waals surface area contributed by atoms with E-state index in [-0.39, 0.29) is 0 Å². The Morgan fingerprint density at radius 2 is 1.87 bits per heavy atom. The van der Waals surface area contributed by atoms with Crippen molar-refractivity contribution in [3.63, 3.8) is 0 Å². The van der Waals surface area contributed by atoms with E-state index in [4.69, 9.17) is 0 Å². The summed E-state index contributed by atoms with van der Waals surface area (Å²) in [4.78, 5) is 0. The number of benzene rings is 1. The quantitative estimate of drug-likeness (QED) is 0.596. The minimum atomic E-state index is -2.55. The Morgan fingerprint density at radius 3 is 2.67 bits per heavy atom. The van der Waals surface area contributed by atoms with Crippen LogP contribution < -0.4 is 4.72 Å². The Balaban J connectivity index is 2.38. The number of thiol groups is 1. The SMILES string of the molecule is O=[SH](=O)Nc1cccc2c1CCCCC2. The Morgan fingerprint density at radius 1 is 1.07 bits per heavy atom. The first-order valence-electron chi connectivity index (χ1n) is 5.29. The third kappa shape index (κ3) is 2.50. The first-order valence-corrected chi connectivity index (χ1v) is 6.47. The van der Waals surface area contributed by atoms with Crippen molar-refractivity contribution >= 4 is 16.6 Å². The predicted octanol–water partition coefficient (Wildman–Crippen LogP) is 1.89. The molecule has 0 spiro atoms. The molecule has 0 fully saturated rings. The second kappa shape index (κ2) is 4.66. The molecule has 0 bridgehead atoms. The van der Waals surface area contributed by atoms with Gasteiger partial charge in [-0.2, -0.15) is 0 Å². The van der Waals surface area contributed by atoms with E-state index in [9.17, 15) is 8.42 Å². The summed E-state index contributed by atoms with van der Waals surface area (Å²) in [5, 5.41) is 0. The van der Waals surface area contributed by atoms with Crippen LogP contribution in [0.25, 0.3) is 0 Å². The van der Waals surface area contributed by atoms with Crippen LogP contribution in [0.5, 0.6) is 0 Å². The third-order valence-corrected chi connectivity index (χ3v) is 3.28. The molecule has 0 radical (unpaired) electrons. The highest BCUT2D eigenvalue weighted by Crippen LogP contribution is 2.26. The van der Waals surface area contributed by atoms with Crippen LogP contribution in [0.1, 0.15) is 30.4 Å². The molecule has 82 valence electrons. The van der Waals surface area contributed by atoms with E-state index in [1.165, 1.54) is 24.0 Å². The first kappa shape index (κ1) is 10.5. The maximum atomic E-state index is 10.7. The van der Waals surface area contributed by atoms with Gasteiger partial charge in [0.05, 0.1) is 5.69 Å². The van der Waals surface area contributed by atoms with E-state index < -0.39 is 10.9 Å². The zero-order valence-corrected chi connectivity index (χ0v) is 9.43. The topological polar surface area (TPSA) is 46.2 Å². The second-order valence-electron chi connectivity index (χ2n) is 3.87. The number of aryl methyl sites for hydroxylation is 1. The van der Waals surface area contributed by atoms with Crippen LogP contribution in [0.4, 0.5) is 5.69 Å². The minimum Gasteiger partial charge on any atom is -0.285 e. The minimum absolute atomic E-state index is 0.769. The standard InChI is InChI=1S/C11H15NO2S/c13-15(14)12-11-8-4-6-9-5-2-1-3-7-10(9)11/h4,6,8,15H,1-3,5,7H2,(H,12,13,14). The van der Waals surface area contributed by atoms with Crippen molar-refractivity contribution in [2.45, 2.75) is 32.1 Å². The molecule has 1 N–H and O–H groups in total. The fourth-order valence-corrected chi connectivity index (χ4v) is 2.57. The summed E-state index contributed by atoms with van der Waals surface area (Å²) in [6.07, 6.45) is 5.65. The molecule has 1 aromatic carbocycles. The van der Waals surface area contributed by atoms with Gasteiger partial charge in [0.1, 0.15) is 0 Å². The van der Waals surface area contributed by atoms with Crippen LogP contribution >= 0.6 is 0 Å². The second-order valence-corrected chi connectivity index (χ2v) is 4.61. The zero-order valence-electron chi connectivity index (χ0n) is 8.53. The number of hydrogen-bond acceptors (Lipinski definition) is 2. The highest BCUT2D eigenvalue weighted by Gasteiger charge is 2.11. The van der Waals surface area contributed by atoms with Gasteiger partial charge < -0.3 is 0 Å². The smallest absolute Gasteiger partial charge is 0.222 e. The largest absolute Gasteiger partial charge is 0.285 e. The van der Waals surface area contributed by atoms with Gasteiger partial charge in [-0.05, 0) is 42.9 Å². The molecule has 0 unspecified atom stereocenters. The Labute approximate surface area is 91.6 Å². The van der Waals surface area contributed by atoms with Crippen LogP contribution in [0.3, 0.4) is 0 Å². The molecule has 3 nitrogen and oxygen atoms in total. The molecule has 0 saturated carbocycles. The maximum absolute atomic E-state index is 10.7. The highest BCUT2D eigenvalue weighted by atomic mass is 32.2. The molecule has 0 atom stereocenters. The molecule has 4 heteroatoms. The van der Waals surface area contributed by atoms with E-state index in [0.29, 0.717) is 0 Å². The number of nitrogens with one attached hydrogen (secondary N) is 1. The van der Waals surface area contributed by atoms with Crippen molar-refractivity contribution in [3.05, 3.63) is 29.3 Å². The fraction of sp³-hybridized carbons (Fsp3) is 0.455. The lowest BCUT2D eigenvalue weighted by Crippen LogP contribution is -2.01. The average molecular weight is 225 g/mol.